The fourth-order valence-corrected chi connectivity index (χ4v) is 3.05. The van der Waals surface area contributed by atoms with Gasteiger partial charge < -0.3 is 8.37 Å². The Kier molecular flexibility index (Phi) is 4.23. The van der Waals surface area contributed by atoms with E-state index in [1.54, 1.807) is 52.0 Å². The van der Waals surface area contributed by atoms with Crippen LogP contribution in [0.5, 0.6) is 11.5 Å². The Bertz CT molecular complexity index is 664. The van der Waals surface area contributed by atoms with Crippen molar-refractivity contribution in [2.75, 3.05) is 0 Å². The first-order valence-corrected chi connectivity index (χ1v) is 7.90. The number of rotatable bonds is 4. The van der Waals surface area contributed by atoms with Gasteiger partial charge in [0.1, 0.15) is 0 Å². The van der Waals surface area contributed by atoms with Gasteiger partial charge in [-0.3, -0.25) is 0 Å². The van der Waals surface area contributed by atoms with Crippen molar-refractivity contribution in [3.8, 4) is 11.5 Å². The Morgan fingerprint density at radius 1 is 0.667 bits per heavy atom. The number of hydrogen-bond donors (Lipinski definition) is 0. The Morgan fingerprint density at radius 2 is 0.952 bits per heavy atom. The topological polar surface area (TPSA) is 52.6 Å². The summed E-state index contributed by atoms with van der Waals surface area (Å²) in [5, 5.41) is 0. The molecule has 0 unspecified atom stereocenters. The van der Waals surface area contributed by atoms with Gasteiger partial charge >= 0.3 is 10.4 Å². The second kappa shape index (κ2) is 5.77. The van der Waals surface area contributed by atoms with Gasteiger partial charge in [-0.15, -0.1) is 8.42 Å². The fraction of sp³-hybridized carbons (Fsp3) is 0.250. The SMILES string of the molecule is Cc1cccc(C)c1OS(=O)(=O)Oc1c(C)cccc1C. The van der Waals surface area contributed by atoms with Crippen LogP contribution in [-0.2, 0) is 10.4 Å². The zero-order valence-corrected chi connectivity index (χ0v) is 13.3. The largest absolute Gasteiger partial charge is 0.501 e. The number of hydrogen-bond acceptors (Lipinski definition) is 4. The molecule has 2 aromatic rings. The Morgan fingerprint density at radius 3 is 1.24 bits per heavy atom. The molecule has 2 rings (SSSR count). The molecule has 0 radical (unpaired) electrons. The molecule has 0 saturated heterocycles. The van der Waals surface area contributed by atoms with E-state index in [4.69, 9.17) is 8.37 Å². The van der Waals surface area contributed by atoms with E-state index in [9.17, 15) is 8.42 Å². The quantitative estimate of drug-likeness (QED) is 0.865. The molecule has 0 aliphatic carbocycles. The van der Waals surface area contributed by atoms with Crippen LogP contribution in [0.4, 0.5) is 0 Å². The van der Waals surface area contributed by atoms with Crippen molar-refractivity contribution in [2.24, 2.45) is 0 Å². The predicted molar refractivity (Wildman–Crippen MR) is 82.0 cm³/mol. The summed E-state index contributed by atoms with van der Waals surface area (Å²) in [5.74, 6) is 0.618. The minimum Gasteiger partial charge on any atom is -0.352 e. The number of para-hydroxylation sites is 2. The summed E-state index contributed by atoms with van der Waals surface area (Å²) in [4.78, 5) is 0. The molecule has 112 valence electrons. The van der Waals surface area contributed by atoms with Crippen molar-refractivity contribution in [2.45, 2.75) is 27.7 Å². The molecule has 0 bridgehead atoms. The third-order valence-corrected chi connectivity index (χ3v) is 3.93. The third-order valence-electron chi connectivity index (χ3n) is 3.19. The average Bonchev–Trinajstić information content (AvgIpc) is 2.39. The first-order valence-electron chi connectivity index (χ1n) is 6.56. The van der Waals surface area contributed by atoms with Gasteiger partial charge in [0, 0.05) is 0 Å². The van der Waals surface area contributed by atoms with E-state index in [1.165, 1.54) is 0 Å². The van der Waals surface area contributed by atoms with E-state index in [0.29, 0.717) is 11.5 Å². The van der Waals surface area contributed by atoms with Gasteiger partial charge in [0.15, 0.2) is 11.5 Å². The summed E-state index contributed by atoms with van der Waals surface area (Å²) in [6.45, 7) is 7.15. The van der Waals surface area contributed by atoms with Crippen LogP contribution in [0.3, 0.4) is 0 Å². The van der Waals surface area contributed by atoms with Crippen LogP contribution in [0.1, 0.15) is 22.3 Å². The standard InChI is InChI=1S/C16H18O4S/c1-11-7-5-8-12(2)15(11)19-21(17,18)20-16-13(3)9-6-10-14(16)4/h5-10H,1-4H3. The molecule has 0 spiro atoms. The first-order chi connectivity index (χ1) is 9.80. The average molecular weight is 306 g/mol. The fourth-order valence-electron chi connectivity index (χ4n) is 2.08. The lowest BCUT2D eigenvalue weighted by molar-refractivity contribution is 0.388. The maximum atomic E-state index is 12.1. The highest BCUT2D eigenvalue weighted by molar-refractivity contribution is 7.82. The van der Waals surface area contributed by atoms with E-state index >= 15 is 0 Å². The van der Waals surface area contributed by atoms with E-state index < -0.39 is 10.4 Å². The molecule has 0 aliphatic rings. The normalized spacial score (nSPS) is 11.2. The summed E-state index contributed by atoms with van der Waals surface area (Å²) in [6, 6.07) is 10.8. The monoisotopic (exact) mass is 306 g/mol. The Hall–Kier alpha value is -2.01. The van der Waals surface area contributed by atoms with Crippen molar-refractivity contribution < 1.29 is 16.8 Å². The van der Waals surface area contributed by atoms with Gasteiger partial charge in [0.25, 0.3) is 0 Å². The van der Waals surface area contributed by atoms with E-state index in [-0.39, 0.29) is 0 Å². The van der Waals surface area contributed by atoms with Crippen molar-refractivity contribution in [1.82, 2.24) is 0 Å². The van der Waals surface area contributed by atoms with Gasteiger partial charge in [0.2, 0.25) is 0 Å². The Labute approximate surface area is 125 Å². The molecule has 0 saturated carbocycles. The van der Waals surface area contributed by atoms with Gasteiger partial charge in [-0.1, -0.05) is 36.4 Å². The predicted octanol–water partition coefficient (Wildman–Crippen LogP) is 3.62. The van der Waals surface area contributed by atoms with Gasteiger partial charge in [0.05, 0.1) is 0 Å². The molecule has 0 aliphatic heterocycles. The van der Waals surface area contributed by atoms with Crippen LogP contribution >= 0.6 is 0 Å². The minimum atomic E-state index is -4.18. The highest BCUT2D eigenvalue weighted by atomic mass is 32.3. The summed E-state index contributed by atoms with van der Waals surface area (Å²) >= 11 is 0. The van der Waals surface area contributed by atoms with E-state index in [0.717, 1.165) is 22.3 Å². The third kappa shape index (κ3) is 3.55. The summed E-state index contributed by atoms with van der Waals surface area (Å²) in [6.07, 6.45) is 0. The summed E-state index contributed by atoms with van der Waals surface area (Å²) in [5.41, 5.74) is 2.96. The molecule has 21 heavy (non-hydrogen) atoms. The number of aryl methyl sites for hydroxylation is 4. The zero-order valence-electron chi connectivity index (χ0n) is 12.5. The Balaban J connectivity index is 2.32. The summed E-state index contributed by atoms with van der Waals surface area (Å²) in [7, 11) is -4.18. The molecule has 4 nitrogen and oxygen atoms in total. The molecule has 0 heterocycles. The molecule has 0 N–H and O–H groups in total. The van der Waals surface area contributed by atoms with Gasteiger partial charge in [-0.05, 0) is 49.9 Å². The van der Waals surface area contributed by atoms with Crippen molar-refractivity contribution in [3.63, 3.8) is 0 Å². The van der Waals surface area contributed by atoms with Crippen LogP contribution in [0.25, 0.3) is 0 Å². The smallest absolute Gasteiger partial charge is 0.352 e. The number of benzene rings is 2. The van der Waals surface area contributed by atoms with E-state index in [1.807, 2.05) is 12.1 Å². The molecule has 0 aromatic heterocycles. The van der Waals surface area contributed by atoms with Crippen LogP contribution < -0.4 is 8.37 Å². The highest BCUT2D eigenvalue weighted by Gasteiger charge is 2.20. The van der Waals surface area contributed by atoms with Gasteiger partial charge in [-0.25, -0.2) is 0 Å². The maximum Gasteiger partial charge on any atom is 0.501 e. The van der Waals surface area contributed by atoms with Crippen LogP contribution in [-0.4, -0.2) is 8.42 Å². The molecule has 0 atom stereocenters. The minimum absolute atomic E-state index is 0.309. The molecule has 0 amide bonds. The summed E-state index contributed by atoms with van der Waals surface area (Å²) < 4.78 is 34.5. The lowest BCUT2D eigenvalue weighted by Crippen LogP contribution is -2.18. The molecular formula is C16H18O4S. The van der Waals surface area contributed by atoms with Crippen LogP contribution in [0, 0.1) is 27.7 Å². The molecule has 2 aromatic carbocycles. The van der Waals surface area contributed by atoms with Gasteiger partial charge in [-0.2, -0.15) is 0 Å². The second-order valence-corrected chi connectivity index (χ2v) is 6.17. The van der Waals surface area contributed by atoms with Crippen LogP contribution in [0.15, 0.2) is 36.4 Å². The van der Waals surface area contributed by atoms with Crippen molar-refractivity contribution in [3.05, 3.63) is 58.7 Å². The first kappa shape index (κ1) is 15.4. The lowest BCUT2D eigenvalue weighted by atomic mass is 10.1. The van der Waals surface area contributed by atoms with E-state index in [2.05, 4.69) is 0 Å². The second-order valence-electron chi connectivity index (χ2n) is 5.02. The van der Waals surface area contributed by atoms with Crippen molar-refractivity contribution in [1.29, 1.82) is 0 Å². The lowest BCUT2D eigenvalue weighted by Gasteiger charge is -2.14. The van der Waals surface area contributed by atoms with Crippen LogP contribution in [0.2, 0.25) is 0 Å². The molecule has 5 heteroatoms. The molecular weight excluding hydrogens is 288 g/mol. The molecule has 0 fully saturated rings. The van der Waals surface area contributed by atoms with Crippen molar-refractivity contribution >= 4 is 10.4 Å². The zero-order chi connectivity index (χ0) is 15.6. The highest BCUT2D eigenvalue weighted by Crippen LogP contribution is 2.28. The maximum absolute atomic E-state index is 12.1.